The summed E-state index contributed by atoms with van der Waals surface area (Å²) in [4.78, 5) is 24.0. The molecular weight excluding hydrogens is 292 g/mol. The predicted molar refractivity (Wildman–Crippen MR) is 66.8 cm³/mol. The number of imide groups is 1. The van der Waals surface area contributed by atoms with Gasteiger partial charge in [-0.3, -0.25) is 4.79 Å². The lowest BCUT2D eigenvalue weighted by Crippen LogP contribution is -2.47. The summed E-state index contributed by atoms with van der Waals surface area (Å²) < 4.78 is 5.05. The fraction of sp³-hybridized carbons (Fsp3) is 0.800. The fourth-order valence-electron chi connectivity index (χ4n) is 0.965. The first-order valence-corrected chi connectivity index (χ1v) is 6.31. The van der Waals surface area contributed by atoms with Crippen LogP contribution < -0.4 is 5.73 Å². The van der Waals surface area contributed by atoms with E-state index in [0.717, 1.165) is 4.90 Å². The van der Waals surface area contributed by atoms with Crippen molar-refractivity contribution in [2.45, 2.75) is 32.5 Å². The van der Waals surface area contributed by atoms with E-state index in [4.69, 9.17) is 10.5 Å². The zero-order valence-corrected chi connectivity index (χ0v) is 11.9. The smallest absolute Gasteiger partial charge is 0.417 e. The Labute approximate surface area is 109 Å². The number of hydrogen-bond acceptors (Lipinski definition) is 5. The monoisotopic (exact) mass is 310 g/mol. The molecule has 100 valence electrons. The Kier molecular flexibility index (Phi) is 6.66. The van der Waals surface area contributed by atoms with E-state index in [2.05, 4.69) is 15.9 Å². The van der Waals surface area contributed by atoms with Gasteiger partial charge in [0.2, 0.25) is 5.91 Å². The number of carbonyl (C=O) groups is 2. The van der Waals surface area contributed by atoms with Crippen LogP contribution in [-0.2, 0) is 9.53 Å². The van der Waals surface area contributed by atoms with E-state index in [1.807, 2.05) is 0 Å². The summed E-state index contributed by atoms with van der Waals surface area (Å²) in [5, 5.41) is 9.68. The summed E-state index contributed by atoms with van der Waals surface area (Å²) in [7, 11) is 0. The second-order valence-electron chi connectivity index (χ2n) is 4.50. The van der Waals surface area contributed by atoms with Gasteiger partial charge in [0.25, 0.3) is 0 Å². The first-order chi connectivity index (χ1) is 7.71. The topological polar surface area (TPSA) is 92.9 Å². The van der Waals surface area contributed by atoms with Gasteiger partial charge in [-0.1, -0.05) is 15.9 Å². The molecule has 0 aromatic rings. The number of carbonyl (C=O) groups excluding carboxylic acids is 2. The van der Waals surface area contributed by atoms with Crippen LogP contribution in [-0.4, -0.2) is 52.1 Å². The number of aliphatic hydroxyl groups is 1. The van der Waals surface area contributed by atoms with Crippen molar-refractivity contribution in [1.29, 1.82) is 0 Å². The van der Waals surface area contributed by atoms with Crippen molar-refractivity contribution in [2.75, 3.05) is 18.4 Å². The highest BCUT2D eigenvalue weighted by atomic mass is 79.9. The van der Waals surface area contributed by atoms with Gasteiger partial charge in [0.15, 0.2) is 0 Å². The van der Waals surface area contributed by atoms with Crippen molar-refractivity contribution < 1.29 is 19.4 Å². The minimum absolute atomic E-state index is 0.143. The first kappa shape index (κ1) is 16.3. The van der Waals surface area contributed by atoms with Crippen molar-refractivity contribution >= 4 is 27.9 Å². The lowest BCUT2D eigenvalue weighted by molar-refractivity contribution is -0.130. The molecule has 0 rings (SSSR count). The number of aliphatic hydroxyl groups excluding tert-OH is 1. The van der Waals surface area contributed by atoms with Crippen LogP contribution in [0.3, 0.4) is 0 Å². The molecule has 0 saturated carbocycles. The molecule has 0 aliphatic carbocycles. The summed E-state index contributed by atoms with van der Waals surface area (Å²) in [6.45, 7) is 4.62. The highest BCUT2D eigenvalue weighted by molar-refractivity contribution is 9.09. The van der Waals surface area contributed by atoms with Crippen LogP contribution in [0.15, 0.2) is 0 Å². The number of hydrogen-bond donors (Lipinski definition) is 2. The average Bonchev–Trinajstić information content (AvgIpc) is 2.21. The highest BCUT2D eigenvalue weighted by Crippen LogP contribution is 2.10. The summed E-state index contributed by atoms with van der Waals surface area (Å²) >= 11 is 3.05. The molecule has 2 amide bonds. The summed E-state index contributed by atoms with van der Waals surface area (Å²) in [5.41, 5.74) is 4.49. The maximum Gasteiger partial charge on any atom is 0.417 e. The maximum absolute atomic E-state index is 11.7. The van der Waals surface area contributed by atoms with Gasteiger partial charge in [0.1, 0.15) is 5.60 Å². The number of nitrogens with zero attached hydrogens (tertiary/aromatic N) is 1. The molecule has 1 atom stereocenters. The van der Waals surface area contributed by atoms with Crippen LogP contribution in [0.5, 0.6) is 0 Å². The van der Waals surface area contributed by atoms with Crippen LogP contribution >= 0.6 is 15.9 Å². The molecule has 0 fully saturated rings. The molecule has 0 aromatic carbocycles. The fourth-order valence-corrected chi connectivity index (χ4v) is 1.17. The zero-order valence-electron chi connectivity index (χ0n) is 10.3. The van der Waals surface area contributed by atoms with Crippen LogP contribution in [0.4, 0.5) is 4.79 Å². The maximum atomic E-state index is 11.7. The van der Waals surface area contributed by atoms with Gasteiger partial charge in [-0.05, 0) is 20.8 Å². The largest absolute Gasteiger partial charge is 0.443 e. The molecule has 0 aromatic heterocycles. The average molecular weight is 311 g/mol. The molecule has 6 nitrogen and oxygen atoms in total. The van der Waals surface area contributed by atoms with E-state index >= 15 is 0 Å². The quantitative estimate of drug-likeness (QED) is 0.736. The molecule has 0 spiro atoms. The second kappa shape index (κ2) is 6.93. The van der Waals surface area contributed by atoms with E-state index in [-0.39, 0.29) is 18.4 Å². The Morgan fingerprint density at radius 1 is 1.47 bits per heavy atom. The van der Waals surface area contributed by atoms with Gasteiger partial charge in [-0.2, -0.15) is 0 Å². The van der Waals surface area contributed by atoms with E-state index in [1.54, 1.807) is 20.8 Å². The van der Waals surface area contributed by atoms with Gasteiger partial charge in [0.05, 0.1) is 19.2 Å². The van der Waals surface area contributed by atoms with Crippen molar-refractivity contribution in [2.24, 2.45) is 5.73 Å². The molecule has 0 aliphatic heterocycles. The SMILES string of the molecule is CC(C)(C)OC(=O)N(CC(O)CBr)C(=O)CN. The molecule has 17 heavy (non-hydrogen) atoms. The normalized spacial score (nSPS) is 13.1. The number of alkyl halides is 1. The molecule has 0 heterocycles. The van der Waals surface area contributed by atoms with Crippen molar-refractivity contribution in [3.8, 4) is 0 Å². The Bertz CT molecular complexity index is 278. The van der Waals surface area contributed by atoms with Gasteiger partial charge < -0.3 is 15.6 Å². The predicted octanol–water partition coefficient (Wildman–Crippen LogP) is 0.465. The summed E-state index contributed by atoms with van der Waals surface area (Å²) in [6.07, 6.45) is -1.65. The lowest BCUT2D eigenvalue weighted by atomic mass is 10.2. The molecule has 0 saturated heterocycles. The standard InChI is InChI=1S/C10H19BrN2O4/c1-10(2,3)17-9(16)13(8(15)5-12)6-7(14)4-11/h7,14H,4-6,12H2,1-3H3. The van der Waals surface area contributed by atoms with Gasteiger partial charge >= 0.3 is 6.09 Å². The number of nitrogens with two attached hydrogens (primary N) is 1. The van der Waals surface area contributed by atoms with Crippen LogP contribution in [0.25, 0.3) is 0 Å². The molecule has 7 heteroatoms. The van der Waals surface area contributed by atoms with Crippen LogP contribution in [0.1, 0.15) is 20.8 Å². The van der Waals surface area contributed by atoms with Crippen LogP contribution in [0, 0.1) is 0 Å². The Morgan fingerprint density at radius 2 is 2.00 bits per heavy atom. The van der Waals surface area contributed by atoms with Crippen molar-refractivity contribution in [3.05, 3.63) is 0 Å². The third kappa shape index (κ3) is 6.60. The van der Waals surface area contributed by atoms with Gasteiger partial charge in [-0.15, -0.1) is 0 Å². The molecule has 0 aliphatic rings. The molecule has 3 N–H and O–H groups in total. The third-order valence-corrected chi connectivity index (χ3v) is 2.41. The van der Waals surface area contributed by atoms with E-state index in [0.29, 0.717) is 0 Å². The van der Waals surface area contributed by atoms with E-state index in [9.17, 15) is 14.7 Å². The minimum Gasteiger partial charge on any atom is -0.443 e. The van der Waals surface area contributed by atoms with Gasteiger partial charge in [-0.25, -0.2) is 9.69 Å². The second-order valence-corrected chi connectivity index (χ2v) is 5.14. The third-order valence-electron chi connectivity index (χ3n) is 1.66. The summed E-state index contributed by atoms with van der Waals surface area (Å²) in [6, 6.07) is 0. The van der Waals surface area contributed by atoms with E-state index in [1.165, 1.54) is 0 Å². The molecular formula is C10H19BrN2O4. The number of rotatable bonds is 4. The number of ether oxygens (including phenoxy) is 1. The molecule has 0 bridgehead atoms. The molecule has 0 radical (unpaired) electrons. The van der Waals surface area contributed by atoms with Gasteiger partial charge in [0, 0.05) is 5.33 Å². The molecule has 1 unspecified atom stereocenters. The Morgan fingerprint density at radius 3 is 2.35 bits per heavy atom. The Balaban J connectivity index is 4.68. The first-order valence-electron chi connectivity index (χ1n) is 5.18. The van der Waals surface area contributed by atoms with Crippen molar-refractivity contribution in [1.82, 2.24) is 4.90 Å². The highest BCUT2D eigenvalue weighted by Gasteiger charge is 2.27. The Hall–Kier alpha value is -0.660. The minimum atomic E-state index is -0.849. The van der Waals surface area contributed by atoms with Crippen LogP contribution in [0.2, 0.25) is 0 Å². The van der Waals surface area contributed by atoms with E-state index < -0.39 is 23.7 Å². The summed E-state index contributed by atoms with van der Waals surface area (Å²) in [5.74, 6) is -0.584. The lowest BCUT2D eigenvalue weighted by Gasteiger charge is -2.26. The zero-order chi connectivity index (χ0) is 13.6. The number of halogens is 1. The van der Waals surface area contributed by atoms with Crippen molar-refractivity contribution in [3.63, 3.8) is 0 Å². The number of amides is 2.